The monoisotopic (exact) mass is 262 g/mol. The number of carbonyl (C=O) groups excluding carboxylic acids is 1. The molecular formula is C15H22N2O2. The van der Waals surface area contributed by atoms with Crippen LogP contribution in [0.5, 0.6) is 0 Å². The molecule has 1 aromatic carbocycles. The molecule has 1 amide bonds. The van der Waals surface area contributed by atoms with E-state index in [1.807, 2.05) is 19.1 Å². The summed E-state index contributed by atoms with van der Waals surface area (Å²) in [6.07, 6.45) is 3.26. The second-order valence-corrected chi connectivity index (χ2v) is 5.10. The van der Waals surface area contributed by atoms with Gasteiger partial charge in [-0.25, -0.2) is 0 Å². The van der Waals surface area contributed by atoms with Crippen LogP contribution in [0.2, 0.25) is 0 Å². The van der Waals surface area contributed by atoms with Crippen molar-refractivity contribution in [3.63, 3.8) is 0 Å². The minimum absolute atomic E-state index is 0.0388. The maximum Gasteiger partial charge on any atom is 0.221 e. The van der Waals surface area contributed by atoms with Gasteiger partial charge in [0.2, 0.25) is 5.91 Å². The van der Waals surface area contributed by atoms with Gasteiger partial charge < -0.3 is 15.4 Å². The van der Waals surface area contributed by atoms with Crippen molar-refractivity contribution in [3.05, 3.63) is 23.8 Å². The maximum atomic E-state index is 11.2. The maximum absolute atomic E-state index is 11.2. The van der Waals surface area contributed by atoms with Crippen LogP contribution in [0.3, 0.4) is 0 Å². The van der Waals surface area contributed by atoms with Crippen LogP contribution >= 0.6 is 0 Å². The first-order chi connectivity index (χ1) is 9.15. The van der Waals surface area contributed by atoms with Gasteiger partial charge in [-0.2, -0.15) is 0 Å². The van der Waals surface area contributed by atoms with E-state index in [1.54, 1.807) is 0 Å². The Kier molecular flexibility index (Phi) is 4.80. The summed E-state index contributed by atoms with van der Waals surface area (Å²) >= 11 is 0. The van der Waals surface area contributed by atoms with Crippen molar-refractivity contribution < 1.29 is 9.53 Å². The first-order valence-electron chi connectivity index (χ1n) is 6.87. The lowest BCUT2D eigenvalue weighted by Crippen LogP contribution is -2.19. The molecule has 0 spiro atoms. The minimum atomic E-state index is -0.0388. The lowest BCUT2D eigenvalue weighted by atomic mass is 10.1. The molecule has 1 atom stereocenters. The topological polar surface area (TPSA) is 50.4 Å². The van der Waals surface area contributed by atoms with Crippen LogP contribution in [0, 0.1) is 6.92 Å². The summed E-state index contributed by atoms with van der Waals surface area (Å²) in [5, 5.41) is 6.39. The average Bonchev–Trinajstić information content (AvgIpc) is 2.61. The van der Waals surface area contributed by atoms with Crippen LogP contribution in [0.15, 0.2) is 18.2 Å². The number of carbonyl (C=O) groups is 1. The van der Waals surface area contributed by atoms with Gasteiger partial charge in [0.1, 0.15) is 0 Å². The Bertz CT molecular complexity index is 438. The SMILES string of the molecule is CC(=O)Nc1cc(NC2CCCOCC2)ccc1C. The van der Waals surface area contributed by atoms with Crippen LogP contribution in [0.4, 0.5) is 11.4 Å². The highest BCUT2D eigenvalue weighted by Crippen LogP contribution is 2.22. The number of amides is 1. The zero-order valence-electron chi connectivity index (χ0n) is 11.7. The van der Waals surface area contributed by atoms with Gasteiger partial charge in [0, 0.05) is 37.6 Å². The normalized spacial score (nSPS) is 19.6. The molecule has 0 radical (unpaired) electrons. The largest absolute Gasteiger partial charge is 0.382 e. The quantitative estimate of drug-likeness (QED) is 0.880. The summed E-state index contributed by atoms with van der Waals surface area (Å²) in [7, 11) is 0. The van der Waals surface area contributed by atoms with Crippen molar-refractivity contribution in [1.29, 1.82) is 0 Å². The highest BCUT2D eigenvalue weighted by molar-refractivity contribution is 5.90. The molecule has 0 aliphatic carbocycles. The van der Waals surface area contributed by atoms with E-state index >= 15 is 0 Å². The Balaban J connectivity index is 2.05. The fraction of sp³-hybridized carbons (Fsp3) is 0.533. The fourth-order valence-electron chi connectivity index (χ4n) is 2.32. The molecule has 0 bridgehead atoms. The number of ether oxygens (including phenoxy) is 1. The molecule has 1 unspecified atom stereocenters. The molecule has 1 aliphatic rings. The smallest absolute Gasteiger partial charge is 0.221 e. The highest BCUT2D eigenvalue weighted by Gasteiger charge is 2.12. The molecule has 2 N–H and O–H groups in total. The molecule has 2 rings (SSSR count). The van der Waals surface area contributed by atoms with Gasteiger partial charge in [-0.3, -0.25) is 4.79 Å². The van der Waals surface area contributed by atoms with Crippen LogP contribution in [-0.4, -0.2) is 25.2 Å². The molecule has 1 aromatic rings. The third kappa shape index (κ3) is 4.24. The third-order valence-corrected chi connectivity index (χ3v) is 3.37. The highest BCUT2D eigenvalue weighted by atomic mass is 16.5. The Morgan fingerprint density at radius 2 is 2.16 bits per heavy atom. The van der Waals surface area contributed by atoms with Gasteiger partial charge in [0.05, 0.1) is 0 Å². The average molecular weight is 262 g/mol. The molecule has 104 valence electrons. The van der Waals surface area contributed by atoms with Crippen molar-refractivity contribution in [1.82, 2.24) is 0 Å². The Morgan fingerprint density at radius 1 is 1.32 bits per heavy atom. The number of nitrogens with one attached hydrogen (secondary N) is 2. The molecule has 4 nitrogen and oxygen atoms in total. The standard InChI is InChI=1S/C15H22N2O2/c1-11-5-6-14(10-15(11)16-12(2)18)17-13-4-3-8-19-9-7-13/h5-6,10,13,17H,3-4,7-9H2,1-2H3,(H,16,18). The number of anilines is 2. The lowest BCUT2D eigenvalue weighted by Gasteiger charge is -2.18. The van der Waals surface area contributed by atoms with Crippen molar-refractivity contribution in [2.24, 2.45) is 0 Å². The van der Waals surface area contributed by atoms with Gasteiger partial charge in [0.25, 0.3) is 0 Å². The summed E-state index contributed by atoms with van der Waals surface area (Å²) in [6, 6.07) is 6.55. The van der Waals surface area contributed by atoms with Gasteiger partial charge in [-0.15, -0.1) is 0 Å². The summed E-state index contributed by atoms with van der Waals surface area (Å²) in [5.74, 6) is -0.0388. The second-order valence-electron chi connectivity index (χ2n) is 5.10. The van der Waals surface area contributed by atoms with Crippen molar-refractivity contribution in [2.75, 3.05) is 23.8 Å². The van der Waals surface area contributed by atoms with Crippen LogP contribution in [0.25, 0.3) is 0 Å². The number of hydrogen-bond donors (Lipinski definition) is 2. The van der Waals surface area contributed by atoms with Gasteiger partial charge in [-0.05, 0) is 43.9 Å². The van der Waals surface area contributed by atoms with E-state index in [4.69, 9.17) is 4.74 Å². The number of benzene rings is 1. The zero-order valence-corrected chi connectivity index (χ0v) is 11.7. The van der Waals surface area contributed by atoms with E-state index in [1.165, 1.54) is 6.92 Å². The minimum Gasteiger partial charge on any atom is -0.382 e. The Morgan fingerprint density at radius 3 is 2.95 bits per heavy atom. The van der Waals surface area contributed by atoms with Crippen molar-refractivity contribution >= 4 is 17.3 Å². The number of rotatable bonds is 3. The fourth-order valence-corrected chi connectivity index (χ4v) is 2.32. The molecular weight excluding hydrogens is 240 g/mol. The molecule has 0 aromatic heterocycles. The molecule has 1 aliphatic heterocycles. The van der Waals surface area contributed by atoms with E-state index < -0.39 is 0 Å². The zero-order chi connectivity index (χ0) is 13.7. The molecule has 19 heavy (non-hydrogen) atoms. The van der Waals surface area contributed by atoms with Crippen molar-refractivity contribution in [2.45, 2.75) is 39.2 Å². The Labute approximate surface area is 114 Å². The van der Waals surface area contributed by atoms with Gasteiger partial charge in [0.15, 0.2) is 0 Å². The van der Waals surface area contributed by atoms with E-state index in [0.717, 1.165) is 49.4 Å². The predicted octanol–water partition coefficient (Wildman–Crippen LogP) is 2.93. The Hall–Kier alpha value is -1.55. The van der Waals surface area contributed by atoms with Crippen LogP contribution in [-0.2, 0) is 9.53 Å². The van der Waals surface area contributed by atoms with Gasteiger partial charge >= 0.3 is 0 Å². The van der Waals surface area contributed by atoms with E-state index in [9.17, 15) is 4.79 Å². The predicted molar refractivity (Wildman–Crippen MR) is 77.6 cm³/mol. The van der Waals surface area contributed by atoms with E-state index in [0.29, 0.717) is 6.04 Å². The van der Waals surface area contributed by atoms with Crippen LogP contribution in [0.1, 0.15) is 31.7 Å². The molecule has 4 heteroatoms. The third-order valence-electron chi connectivity index (χ3n) is 3.37. The summed E-state index contributed by atoms with van der Waals surface area (Å²) < 4.78 is 5.46. The second kappa shape index (κ2) is 6.57. The first-order valence-corrected chi connectivity index (χ1v) is 6.87. The number of aryl methyl sites for hydroxylation is 1. The lowest BCUT2D eigenvalue weighted by molar-refractivity contribution is -0.114. The summed E-state index contributed by atoms with van der Waals surface area (Å²) in [5.41, 5.74) is 3.01. The molecule has 0 saturated carbocycles. The summed E-state index contributed by atoms with van der Waals surface area (Å²) in [6.45, 7) is 5.21. The van der Waals surface area contributed by atoms with E-state index in [-0.39, 0.29) is 5.91 Å². The molecule has 1 fully saturated rings. The first kappa shape index (κ1) is 13.9. The van der Waals surface area contributed by atoms with Crippen LogP contribution < -0.4 is 10.6 Å². The van der Waals surface area contributed by atoms with E-state index in [2.05, 4.69) is 16.7 Å². The summed E-state index contributed by atoms with van der Waals surface area (Å²) in [4.78, 5) is 11.2. The molecule has 1 saturated heterocycles. The molecule has 1 heterocycles. The van der Waals surface area contributed by atoms with Crippen molar-refractivity contribution in [3.8, 4) is 0 Å². The number of hydrogen-bond acceptors (Lipinski definition) is 3. The van der Waals surface area contributed by atoms with Gasteiger partial charge in [-0.1, -0.05) is 6.07 Å².